The van der Waals surface area contributed by atoms with Crippen molar-refractivity contribution in [2.75, 3.05) is 4.72 Å². The first-order valence-corrected chi connectivity index (χ1v) is 8.37. The van der Waals surface area contributed by atoms with Gasteiger partial charge in [0, 0.05) is 22.9 Å². The van der Waals surface area contributed by atoms with E-state index in [1.807, 2.05) is 6.07 Å². The number of hydrogen-bond donors (Lipinski definition) is 1. The van der Waals surface area contributed by atoms with E-state index in [0.29, 0.717) is 11.3 Å². The highest BCUT2D eigenvalue weighted by molar-refractivity contribution is 7.92. The highest BCUT2D eigenvalue weighted by atomic mass is 32.2. The SMILES string of the molecule is O=S(=O)(Nc1cccc(C(F)F)c1)c1cc(-c2ccccc2)no1. The molecule has 0 aliphatic carbocycles. The minimum atomic E-state index is -4.07. The number of rotatable bonds is 5. The van der Waals surface area contributed by atoms with Gasteiger partial charge in [0.15, 0.2) is 0 Å². The highest BCUT2D eigenvalue weighted by Crippen LogP contribution is 2.25. The van der Waals surface area contributed by atoms with Gasteiger partial charge in [0.2, 0.25) is 0 Å². The molecule has 0 unspecified atom stereocenters. The summed E-state index contributed by atoms with van der Waals surface area (Å²) in [6.45, 7) is 0. The van der Waals surface area contributed by atoms with E-state index in [4.69, 9.17) is 4.52 Å². The summed E-state index contributed by atoms with van der Waals surface area (Å²) in [7, 11) is -4.07. The predicted molar refractivity (Wildman–Crippen MR) is 84.1 cm³/mol. The van der Waals surface area contributed by atoms with Gasteiger partial charge in [0.25, 0.3) is 21.5 Å². The average Bonchev–Trinajstić information content (AvgIpc) is 3.06. The van der Waals surface area contributed by atoms with Crippen LogP contribution in [0, 0.1) is 0 Å². The lowest BCUT2D eigenvalue weighted by molar-refractivity contribution is 0.151. The minimum Gasteiger partial charge on any atom is -0.342 e. The second-order valence-corrected chi connectivity index (χ2v) is 6.54. The molecule has 8 heteroatoms. The van der Waals surface area contributed by atoms with E-state index in [2.05, 4.69) is 9.88 Å². The van der Waals surface area contributed by atoms with Gasteiger partial charge < -0.3 is 4.52 Å². The molecular formula is C16H12F2N2O3S. The number of sulfonamides is 1. The maximum atomic E-state index is 12.7. The molecule has 0 aliphatic heterocycles. The van der Waals surface area contributed by atoms with Gasteiger partial charge in [-0.1, -0.05) is 47.6 Å². The Bertz CT molecular complexity index is 941. The van der Waals surface area contributed by atoms with Crippen molar-refractivity contribution in [2.45, 2.75) is 11.5 Å². The molecule has 124 valence electrons. The van der Waals surface area contributed by atoms with Crippen LogP contribution in [0.1, 0.15) is 12.0 Å². The van der Waals surface area contributed by atoms with Crippen molar-refractivity contribution in [3.63, 3.8) is 0 Å². The summed E-state index contributed by atoms with van der Waals surface area (Å²) in [5.74, 6) is 0. The maximum Gasteiger partial charge on any atom is 0.298 e. The second kappa shape index (κ2) is 6.40. The van der Waals surface area contributed by atoms with Gasteiger partial charge in [-0.15, -0.1) is 0 Å². The zero-order chi connectivity index (χ0) is 17.2. The van der Waals surface area contributed by atoms with Gasteiger partial charge in [-0.3, -0.25) is 4.72 Å². The molecule has 0 spiro atoms. The molecule has 3 rings (SSSR count). The Morgan fingerprint density at radius 2 is 1.75 bits per heavy atom. The van der Waals surface area contributed by atoms with E-state index >= 15 is 0 Å². The van der Waals surface area contributed by atoms with Crippen LogP contribution in [0.15, 0.2) is 70.3 Å². The van der Waals surface area contributed by atoms with E-state index in [1.54, 1.807) is 24.3 Å². The van der Waals surface area contributed by atoms with Crippen LogP contribution in [0.2, 0.25) is 0 Å². The Labute approximate surface area is 137 Å². The Balaban J connectivity index is 1.86. The molecule has 0 radical (unpaired) electrons. The zero-order valence-corrected chi connectivity index (χ0v) is 13.0. The van der Waals surface area contributed by atoms with Crippen LogP contribution in [-0.4, -0.2) is 13.6 Å². The Kier molecular flexibility index (Phi) is 4.30. The number of alkyl halides is 2. The highest BCUT2D eigenvalue weighted by Gasteiger charge is 2.21. The molecule has 0 aliphatic rings. The predicted octanol–water partition coefficient (Wildman–Crippen LogP) is 4.08. The number of nitrogens with zero attached hydrogens (tertiary/aromatic N) is 1. The van der Waals surface area contributed by atoms with E-state index in [9.17, 15) is 17.2 Å². The van der Waals surface area contributed by atoms with E-state index in [0.717, 1.165) is 6.07 Å². The smallest absolute Gasteiger partial charge is 0.298 e. The number of benzene rings is 2. The summed E-state index contributed by atoms with van der Waals surface area (Å²) in [6.07, 6.45) is -2.69. The van der Waals surface area contributed by atoms with Gasteiger partial charge in [-0.25, -0.2) is 8.78 Å². The largest absolute Gasteiger partial charge is 0.342 e. The van der Waals surface area contributed by atoms with E-state index < -0.39 is 21.5 Å². The van der Waals surface area contributed by atoms with Crippen molar-refractivity contribution in [3.8, 4) is 11.3 Å². The molecule has 0 saturated heterocycles. The normalized spacial score (nSPS) is 11.6. The second-order valence-electron chi connectivity index (χ2n) is 4.93. The van der Waals surface area contributed by atoms with Crippen LogP contribution in [0.5, 0.6) is 0 Å². The summed E-state index contributed by atoms with van der Waals surface area (Å²) in [5.41, 5.74) is 0.794. The molecule has 1 N–H and O–H groups in total. The third-order valence-electron chi connectivity index (χ3n) is 3.21. The monoisotopic (exact) mass is 350 g/mol. The fourth-order valence-electron chi connectivity index (χ4n) is 2.07. The summed E-state index contributed by atoms with van der Waals surface area (Å²) in [6, 6.07) is 15.2. The van der Waals surface area contributed by atoms with Crippen molar-refractivity contribution in [2.24, 2.45) is 0 Å². The van der Waals surface area contributed by atoms with Crippen LogP contribution < -0.4 is 4.72 Å². The first-order chi connectivity index (χ1) is 11.5. The van der Waals surface area contributed by atoms with Crippen LogP contribution >= 0.6 is 0 Å². The lowest BCUT2D eigenvalue weighted by atomic mass is 10.2. The molecule has 0 fully saturated rings. The first kappa shape index (κ1) is 16.1. The topological polar surface area (TPSA) is 72.2 Å². The van der Waals surface area contributed by atoms with Gasteiger partial charge in [0.1, 0.15) is 5.69 Å². The van der Waals surface area contributed by atoms with Gasteiger partial charge in [0.05, 0.1) is 0 Å². The number of halogens is 2. The van der Waals surface area contributed by atoms with Crippen molar-refractivity contribution in [3.05, 3.63) is 66.2 Å². The molecule has 3 aromatic rings. The molecule has 1 aromatic heterocycles. The van der Waals surface area contributed by atoms with Gasteiger partial charge >= 0.3 is 0 Å². The molecule has 1 heterocycles. The van der Waals surface area contributed by atoms with Gasteiger partial charge in [-0.05, 0) is 12.1 Å². The van der Waals surface area contributed by atoms with E-state index in [1.165, 1.54) is 24.3 Å². The third-order valence-corrected chi connectivity index (χ3v) is 4.44. The fraction of sp³-hybridized carbons (Fsp3) is 0.0625. The summed E-state index contributed by atoms with van der Waals surface area (Å²) in [4.78, 5) is 0. The first-order valence-electron chi connectivity index (χ1n) is 6.89. The van der Waals surface area contributed by atoms with Crippen LogP contribution in [-0.2, 0) is 10.0 Å². The van der Waals surface area contributed by atoms with Crippen LogP contribution in [0.4, 0.5) is 14.5 Å². The summed E-state index contributed by atoms with van der Waals surface area (Å²) >= 11 is 0. The molecule has 0 saturated carbocycles. The lowest BCUT2D eigenvalue weighted by Crippen LogP contribution is -2.12. The number of anilines is 1. The van der Waals surface area contributed by atoms with E-state index in [-0.39, 0.29) is 11.3 Å². The molecule has 24 heavy (non-hydrogen) atoms. The number of aromatic nitrogens is 1. The molecule has 0 bridgehead atoms. The number of hydrogen-bond acceptors (Lipinski definition) is 4. The number of nitrogens with one attached hydrogen (secondary N) is 1. The molecule has 5 nitrogen and oxygen atoms in total. The Hall–Kier alpha value is -2.74. The Morgan fingerprint density at radius 1 is 1.00 bits per heavy atom. The van der Waals surface area contributed by atoms with Crippen molar-refractivity contribution in [1.82, 2.24) is 5.16 Å². The minimum absolute atomic E-state index is 0.0189. The van der Waals surface area contributed by atoms with Crippen LogP contribution in [0.3, 0.4) is 0 Å². The fourth-order valence-corrected chi connectivity index (χ4v) is 3.01. The quantitative estimate of drug-likeness (QED) is 0.752. The van der Waals surface area contributed by atoms with Crippen molar-refractivity contribution in [1.29, 1.82) is 0 Å². The van der Waals surface area contributed by atoms with Gasteiger partial charge in [-0.2, -0.15) is 8.42 Å². The lowest BCUT2D eigenvalue weighted by Gasteiger charge is -2.06. The third kappa shape index (κ3) is 3.43. The molecular weight excluding hydrogens is 338 g/mol. The van der Waals surface area contributed by atoms with Crippen molar-refractivity contribution >= 4 is 15.7 Å². The van der Waals surface area contributed by atoms with Crippen molar-refractivity contribution < 1.29 is 21.7 Å². The summed E-state index contributed by atoms with van der Waals surface area (Å²) < 4.78 is 57.1. The molecule has 0 atom stereocenters. The summed E-state index contributed by atoms with van der Waals surface area (Å²) in [5, 5.41) is 3.33. The average molecular weight is 350 g/mol. The Morgan fingerprint density at radius 3 is 2.46 bits per heavy atom. The standard InChI is InChI=1S/C16H12F2N2O3S/c17-16(18)12-7-4-8-13(9-12)20-24(21,22)15-10-14(19-23-15)11-5-2-1-3-6-11/h1-10,16,20H. The molecule has 0 amide bonds. The maximum absolute atomic E-state index is 12.7. The van der Waals surface area contributed by atoms with Crippen LogP contribution in [0.25, 0.3) is 11.3 Å². The molecule has 2 aromatic carbocycles. The zero-order valence-electron chi connectivity index (χ0n) is 12.2.